The molecule has 3 aromatic rings. The van der Waals surface area contributed by atoms with E-state index in [4.69, 9.17) is 4.74 Å². The Morgan fingerprint density at radius 2 is 1.93 bits per heavy atom. The molecule has 2 amide bonds. The summed E-state index contributed by atoms with van der Waals surface area (Å²) in [6, 6.07) is 17.1. The normalized spacial score (nSPS) is 12.9. The van der Waals surface area contributed by atoms with Gasteiger partial charge in [0.15, 0.2) is 5.69 Å². The highest BCUT2D eigenvalue weighted by molar-refractivity contribution is 5.91. The van der Waals surface area contributed by atoms with Gasteiger partial charge in [-0.25, -0.2) is 14.3 Å². The standard InChI is InChI=1S/C23H24N4O3/c1-3-30-22(28)21-19-15-26(23(29)24-17-9-7-8-16(2)14-17)13-12-20(19)27(25-21)18-10-5-4-6-11-18/h4-11,14H,3,12-13,15H2,1-2H3,(H,24,29). The zero-order chi connectivity index (χ0) is 21.1. The lowest BCUT2D eigenvalue weighted by atomic mass is 10.0. The first-order valence-corrected chi connectivity index (χ1v) is 10.0. The number of fused-ring (bicyclic) bond motifs is 1. The third kappa shape index (κ3) is 3.91. The number of urea groups is 1. The fourth-order valence-electron chi connectivity index (χ4n) is 3.66. The molecule has 2 aromatic carbocycles. The van der Waals surface area contributed by atoms with Crippen LogP contribution in [0.4, 0.5) is 10.5 Å². The summed E-state index contributed by atoms with van der Waals surface area (Å²) in [6.07, 6.45) is 0.595. The minimum absolute atomic E-state index is 0.200. The number of esters is 1. The second-order valence-electron chi connectivity index (χ2n) is 7.21. The lowest BCUT2D eigenvalue weighted by Crippen LogP contribution is -2.39. The Bertz CT molecular complexity index is 1080. The number of carbonyl (C=O) groups excluding carboxylic acids is 2. The van der Waals surface area contributed by atoms with Gasteiger partial charge < -0.3 is 15.0 Å². The van der Waals surface area contributed by atoms with Gasteiger partial charge in [-0.2, -0.15) is 5.10 Å². The highest BCUT2D eigenvalue weighted by atomic mass is 16.5. The maximum atomic E-state index is 12.8. The summed E-state index contributed by atoms with van der Waals surface area (Å²) in [5.74, 6) is -0.468. The second-order valence-corrected chi connectivity index (χ2v) is 7.21. The first-order valence-electron chi connectivity index (χ1n) is 10.0. The number of carbonyl (C=O) groups is 2. The molecule has 1 aliphatic heterocycles. The van der Waals surface area contributed by atoms with Crippen molar-refractivity contribution >= 4 is 17.7 Å². The highest BCUT2D eigenvalue weighted by Gasteiger charge is 2.31. The molecule has 0 saturated heterocycles. The molecule has 154 valence electrons. The summed E-state index contributed by atoms with van der Waals surface area (Å²) in [5.41, 5.74) is 4.64. The monoisotopic (exact) mass is 404 g/mol. The number of ether oxygens (including phenoxy) is 1. The van der Waals surface area contributed by atoms with Crippen LogP contribution in [0.2, 0.25) is 0 Å². The quantitative estimate of drug-likeness (QED) is 0.668. The Morgan fingerprint density at radius 3 is 2.67 bits per heavy atom. The number of para-hydroxylation sites is 1. The van der Waals surface area contributed by atoms with Crippen LogP contribution in [-0.4, -0.2) is 39.8 Å². The first-order chi connectivity index (χ1) is 14.6. The number of anilines is 1. The van der Waals surface area contributed by atoms with Crippen LogP contribution in [0.3, 0.4) is 0 Å². The molecule has 1 N–H and O–H groups in total. The molecule has 0 saturated carbocycles. The summed E-state index contributed by atoms with van der Waals surface area (Å²) < 4.78 is 7.00. The maximum Gasteiger partial charge on any atom is 0.359 e. The number of nitrogens with one attached hydrogen (secondary N) is 1. The third-order valence-corrected chi connectivity index (χ3v) is 5.08. The fraction of sp³-hybridized carbons (Fsp3) is 0.261. The minimum atomic E-state index is -0.468. The number of nitrogens with zero attached hydrogens (tertiary/aromatic N) is 3. The van der Waals surface area contributed by atoms with Crippen LogP contribution in [0.5, 0.6) is 0 Å². The molecular formula is C23H24N4O3. The Morgan fingerprint density at radius 1 is 1.13 bits per heavy atom. The number of aryl methyl sites for hydroxylation is 1. The lowest BCUT2D eigenvalue weighted by Gasteiger charge is -2.28. The average molecular weight is 404 g/mol. The van der Waals surface area contributed by atoms with Gasteiger partial charge in [-0.1, -0.05) is 30.3 Å². The second kappa shape index (κ2) is 8.41. The number of aromatic nitrogens is 2. The van der Waals surface area contributed by atoms with Crippen LogP contribution < -0.4 is 5.32 Å². The summed E-state index contributed by atoms with van der Waals surface area (Å²) in [7, 11) is 0. The van der Waals surface area contributed by atoms with Gasteiger partial charge in [0, 0.05) is 24.2 Å². The van der Waals surface area contributed by atoms with Crippen molar-refractivity contribution in [2.45, 2.75) is 26.8 Å². The maximum absolute atomic E-state index is 12.8. The largest absolute Gasteiger partial charge is 0.461 e. The Labute approximate surface area is 175 Å². The predicted molar refractivity (Wildman–Crippen MR) is 114 cm³/mol. The van der Waals surface area contributed by atoms with Crippen LogP contribution >= 0.6 is 0 Å². The van der Waals surface area contributed by atoms with E-state index in [1.807, 2.05) is 61.5 Å². The molecule has 0 spiro atoms. The van der Waals surface area contributed by atoms with Crippen molar-refractivity contribution in [3.63, 3.8) is 0 Å². The molecule has 0 unspecified atom stereocenters. The lowest BCUT2D eigenvalue weighted by molar-refractivity contribution is 0.0516. The summed E-state index contributed by atoms with van der Waals surface area (Å²) in [6.45, 7) is 4.84. The predicted octanol–water partition coefficient (Wildman–Crippen LogP) is 3.95. The van der Waals surface area contributed by atoms with Crippen LogP contribution in [0.25, 0.3) is 5.69 Å². The molecule has 7 heteroatoms. The summed E-state index contributed by atoms with van der Waals surface area (Å²) >= 11 is 0. The Hall–Kier alpha value is -3.61. The number of hydrogen-bond acceptors (Lipinski definition) is 4. The highest BCUT2D eigenvalue weighted by Crippen LogP contribution is 2.26. The fourth-order valence-corrected chi connectivity index (χ4v) is 3.66. The molecule has 0 atom stereocenters. The topological polar surface area (TPSA) is 76.5 Å². The van der Waals surface area contributed by atoms with Crippen molar-refractivity contribution in [2.24, 2.45) is 0 Å². The molecule has 0 fully saturated rings. The third-order valence-electron chi connectivity index (χ3n) is 5.08. The van der Waals surface area contributed by atoms with Gasteiger partial charge in [-0.15, -0.1) is 0 Å². The van der Waals surface area contributed by atoms with Crippen molar-refractivity contribution in [1.82, 2.24) is 14.7 Å². The Kier molecular flexibility index (Phi) is 5.52. The molecule has 7 nitrogen and oxygen atoms in total. The molecule has 0 bridgehead atoms. The zero-order valence-electron chi connectivity index (χ0n) is 17.1. The van der Waals surface area contributed by atoms with Gasteiger partial charge >= 0.3 is 12.0 Å². The van der Waals surface area contributed by atoms with E-state index in [0.29, 0.717) is 19.5 Å². The molecular weight excluding hydrogens is 380 g/mol. The van der Waals surface area contributed by atoms with Crippen LogP contribution in [0, 0.1) is 6.92 Å². The Balaban J connectivity index is 1.63. The van der Waals surface area contributed by atoms with E-state index in [0.717, 1.165) is 28.2 Å². The minimum Gasteiger partial charge on any atom is -0.461 e. The zero-order valence-corrected chi connectivity index (χ0v) is 17.1. The molecule has 0 radical (unpaired) electrons. The van der Waals surface area contributed by atoms with E-state index in [1.165, 1.54) is 0 Å². The van der Waals surface area contributed by atoms with E-state index in [9.17, 15) is 9.59 Å². The molecule has 1 aromatic heterocycles. The van der Waals surface area contributed by atoms with Crippen molar-refractivity contribution in [3.8, 4) is 5.69 Å². The SMILES string of the molecule is CCOC(=O)c1nn(-c2ccccc2)c2c1CN(C(=O)Nc1cccc(C)c1)CC2. The van der Waals surface area contributed by atoms with Gasteiger partial charge in [0.25, 0.3) is 0 Å². The molecule has 2 heterocycles. The van der Waals surface area contributed by atoms with Gasteiger partial charge in [0.1, 0.15) is 0 Å². The smallest absolute Gasteiger partial charge is 0.359 e. The number of benzene rings is 2. The number of amides is 2. The van der Waals surface area contributed by atoms with Gasteiger partial charge in [-0.3, -0.25) is 0 Å². The van der Waals surface area contributed by atoms with Gasteiger partial charge in [-0.05, 0) is 43.7 Å². The van der Waals surface area contributed by atoms with Gasteiger partial charge in [0.2, 0.25) is 0 Å². The number of rotatable bonds is 4. The van der Waals surface area contributed by atoms with E-state index in [1.54, 1.807) is 16.5 Å². The summed E-state index contributed by atoms with van der Waals surface area (Å²) in [5, 5.41) is 7.49. The van der Waals surface area contributed by atoms with Crippen molar-refractivity contribution in [1.29, 1.82) is 0 Å². The van der Waals surface area contributed by atoms with E-state index in [-0.39, 0.29) is 18.3 Å². The first kappa shape index (κ1) is 19.7. The van der Waals surface area contributed by atoms with Crippen LogP contribution in [-0.2, 0) is 17.7 Å². The van der Waals surface area contributed by atoms with E-state index >= 15 is 0 Å². The van der Waals surface area contributed by atoms with E-state index < -0.39 is 5.97 Å². The summed E-state index contributed by atoms with van der Waals surface area (Å²) in [4.78, 5) is 27.1. The molecule has 4 rings (SSSR count). The van der Waals surface area contributed by atoms with E-state index in [2.05, 4.69) is 10.4 Å². The van der Waals surface area contributed by atoms with Gasteiger partial charge in [0.05, 0.1) is 24.5 Å². The van der Waals surface area contributed by atoms with Crippen LogP contribution in [0.15, 0.2) is 54.6 Å². The van der Waals surface area contributed by atoms with Crippen molar-refractivity contribution < 1.29 is 14.3 Å². The molecule has 1 aliphatic rings. The number of hydrogen-bond donors (Lipinski definition) is 1. The molecule has 0 aliphatic carbocycles. The van der Waals surface area contributed by atoms with Crippen molar-refractivity contribution in [3.05, 3.63) is 77.1 Å². The molecule has 30 heavy (non-hydrogen) atoms. The van der Waals surface area contributed by atoms with Crippen molar-refractivity contribution in [2.75, 3.05) is 18.5 Å². The van der Waals surface area contributed by atoms with Crippen LogP contribution in [0.1, 0.15) is 34.2 Å². The average Bonchev–Trinajstić information content (AvgIpc) is 3.13.